The standard InChI is InChI=1S/C14H18ClN7O/c1-21-8-10(6-17-21)22-4-2-3-9(7-22)18-14-11(13(16)23)5-12(15)19-20-14/h5-6,8-9H,2-4,7H2,1H3,(H2,16,23)(H,18,20). The van der Waals surface area contributed by atoms with Crippen LogP contribution in [0.15, 0.2) is 18.5 Å². The van der Waals surface area contributed by atoms with Crippen LogP contribution in [0.5, 0.6) is 0 Å². The van der Waals surface area contributed by atoms with Gasteiger partial charge < -0.3 is 16.0 Å². The van der Waals surface area contributed by atoms with Crippen LogP contribution < -0.4 is 16.0 Å². The molecule has 1 fully saturated rings. The van der Waals surface area contributed by atoms with Crippen molar-refractivity contribution in [3.8, 4) is 0 Å². The number of aromatic nitrogens is 4. The largest absolute Gasteiger partial charge is 0.367 e. The van der Waals surface area contributed by atoms with E-state index in [0.29, 0.717) is 5.82 Å². The van der Waals surface area contributed by atoms with Crippen LogP contribution in [0.1, 0.15) is 23.2 Å². The molecule has 3 heterocycles. The second kappa shape index (κ2) is 6.41. The fourth-order valence-corrected chi connectivity index (χ4v) is 2.90. The molecule has 23 heavy (non-hydrogen) atoms. The minimum absolute atomic E-state index is 0.137. The summed E-state index contributed by atoms with van der Waals surface area (Å²) in [5.74, 6) is -0.204. The highest BCUT2D eigenvalue weighted by Crippen LogP contribution is 2.22. The molecule has 1 unspecified atom stereocenters. The van der Waals surface area contributed by atoms with E-state index in [-0.39, 0.29) is 16.8 Å². The van der Waals surface area contributed by atoms with Crippen molar-refractivity contribution in [1.29, 1.82) is 0 Å². The molecular formula is C14H18ClN7O. The SMILES string of the molecule is Cn1cc(N2CCCC(Nc3nnc(Cl)cc3C(N)=O)C2)cn1. The fourth-order valence-electron chi connectivity index (χ4n) is 2.76. The molecule has 0 saturated carbocycles. The number of piperidine rings is 1. The first kappa shape index (κ1) is 15.5. The summed E-state index contributed by atoms with van der Waals surface area (Å²) in [6.45, 7) is 1.76. The molecule has 1 saturated heterocycles. The average Bonchev–Trinajstić information content (AvgIpc) is 2.96. The van der Waals surface area contributed by atoms with Gasteiger partial charge in [0, 0.05) is 32.4 Å². The molecule has 0 radical (unpaired) electrons. The van der Waals surface area contributed by atoms with Crippen molar-refractivity contribution in [2.24, 2.45) is 12.8 Å². The minimum Gasteiger partial charge on any atom is -0.367 e. The van der Waals surface area contributed by atoms with Gasteiger partial charge in [0.25, 0.3) is 5.91 Å². The zero-order chi connectivity index (χ0) is 16.4. The predicted molar refractivity (Wildman–Crippen MR) is 87.6 cm³/mol. The molecule has 2 aromatic heterocycles. The molecule has 3 N–H and O–H groups in total. The van der Waals surface area contributed by atoms with Crippen LogP contribution in [0.3, 0.4) is 0 Å². The van der Waals surface area contributed by atoms with Crippen molar-refractivity contribution in [2.45, 2.75) is 18.9 Å². The van der Waals surface area contributed by atoms with Gasteiger partial charge in [-0.1, -0.05) is 11.6 Å². The van der Waals surface area contributed by atoms with Crippen LogP contribution in [-0.2, 0) is 7.05 Å². The zero-order valence-electron chi connectivity index (χ0n) is 12.7. The number of carbonyl (C=O) groups excluding carboxylic acids is 1. The maximum Gasteiger partial charge on any atom is 0.252 e. The Labute approximate surface area is 138 Å². The van der Waals surface area contributed by atoms with Crippen LogP contribution in [0.25, 0.3) is 0 Å². The molecule has 8 nitrogen and oxygen atoms in total. The third kappa shape index (κ3) is 3.53. The number of hydrogen-bond donors (Lipinski definition) is 2. The molecule has 1 aliphatic heterocycles. The van der Waals surface area contributed by atoms with E-state index in [0.717, 1.165) is 31.6 Å². The number of rotatable bonds is 4. The molecule has 1 aliphatic rings. The highest BCUT2D eigenvalue weighted by molar-refractivity contribution is 6.29. The summed E-state index contributed by atoms with van der Waals surface area (Å²) in [7, 11) is 1.89. The van der Waals surface area contributed by atoms with E-state index in [9.17, 15) is 4.79 Å². The quantitative estimate of drug-likeness (QED) is 0.865. The lowest BCUT2D eigenvalue weighted by atomic mass is 10.1. The van der Waals surface area contributed by atoms with E-state index >= 15 is 0 Å². The highest BCUT2D eigenvalue weighted by Gasteiger charge is 2.23. The van der Waals surface area contributed by atoms with Crippen molar-refractivity contribution in [2.75, 3.05) is 23.3 Å². The summed E-state index contributed by atoms with van der Waals surface area (Å²) in [5, 5.41) is 15.4. The number of primary amides is 1. The number of hydrogen-bond acceptors (Lipinski definition) is 6. The van der Waals surface area contributed by atoms with Gasteiger partial charge in [0.1, 0.15) is 0 Å². The summed E-state index contributed by atoms with van der Waals surface area (Å²) in [6.07, 6.45) is 5.83. The van der Waals surface area contributed by atoms with Crippen LogP contribution in [0, 0.1) is 0 Å². The van der Waals surface area contributed by atoms with Crippen molar-refractivity contribution >= 4 is 29.0 Å². The molecule has 0 aliphatic carbocycles. The van der Waals surface area contributed by atoms with Crippen LogP contribution in [0.2, 0.25) is 5.15 Å². The normalized spacial score (nSPS) is 18.0. The Morgan fingerprint density at radius 1 is 1.48 bits per heavy atom. The van der Waals surface area contributed by atoms with E-state index in [1.807, 2.05) is 19.4 Å². The fraction of sp³-hybridized carbons (Fsp3) is 0.429. The van der Waals surface area contributed by atoms with Gasteiger partial charge in [-0.25, -0.2) is 0 Å². The van der Waals surface area contributed by atoms with E-state index in [2.05, 4.69) is 25.5 Å². The first-order chi connectivity index (χ1) is 11.0. The van der Waals surface area contributed by atoms with E-state index in [1.54, 1.807) is 4.68 Å². The minimum atomic E-state index is -0.579. The van der Waals surface area contributed by atoms with Gasteiger partial charge in [-0.2, -0.15) is 5.10 Å². The van der Waals surface area contributed by atoms with Crippen molar-refractivity contribution < 1.29 is 4.79 Å². The number of amides is 1. The van der Waals surface area contributed by atoms with E-state index in [1.165, 1.54) is 6.07 Å². The van der Waals surface area contributed by atoms with E-state index in [4.69, 9.17) is 17.3 Å². The van der Waals surface area contributed by atoms with Gasteiger partial charge in [-0.05, 0) is 18.9 Å². The van der Waals surface area contributed by atoms with Crippen molar-refractivity contribution in [3.63, 3.8) is 0 Å². The van der Waals surface area contributed by atoms with Gasteiger partial charge >= 0.3 is 0 Å². The highest BCUT2D eigenvalue weighted by atomic mass is 35.5. The molecule has 0 bridgehead atoms. The Balaban J connectivity index is 1.74. The van der Waals surface area contributed by atoms with Gasteiger partial charge in [0.15, 0.2) is 11.0 Å². The molecule has 9 heteroatoms. The summed E-state index contributed by atoms with van der Waals surface area (Å²) in [5.41, 5.74) is 6.72. The first-order valence-electron chi connectivity index (χ1n) is 7.36. The lowest BCUT2D eigenvalue weighted by Crippen LogP contribution is -2.42. The number of anilines is 2. The molecule has 1 atom stereocenters. The van der Waals surface area contributed by atoms with Gasteiger partial charge in [0.2, 0.25) is 0 Å². The Bertz CT molecular complexity index is 717. The number of nitrogens with one attached hydrogen (secondary N) is 1. The molecular weight excluding hydrogens is 318 g/mol. The Morgan fingerprint density at radius 3 is 3.00 bits per heavy atom. The van der Waals surface area contributed by atoms with Crippen molar-refractivity contribution in [1.82, 2.24) is 20.0 Å². The van der Waals surface area contributed by atoms with Gasteiger partial charge in [0.05, 0.1) is 17.4 Å². The molecule has 0 spiro atoms. The number of aryl methyl sites for hydroxylation is 1. The summed E-state index contributed by atoms with van der Waals surface area (Å²) in [6, 6.07) is 1.57. The maximum absolute atomic E-state index is 11.5. The second-order valence-corrected chi connectivity index (χ2v) is 5.98. The summed E-state index contributed by atoms with van der Waals surface area (Å²) >= 11 is 5.78. The Morgan fingerprint density at radius 2 is 2.30 bits per heavy atom. The Kier molecular flexibility index (Phi) is 4.33. The molecule has 2 aromatic rings. The number of carbonyl (C=O) groups is 1. The van der Waals surface area contributed by atoms with Gasteiger partial charge in [-0.15, -0.1) is 10.2 Å². The van der Waals surface area contributed by atoms with E-state index < -0.39 is 5.91 Å². The predicted octanol–water partition coefficient (Wildman–Crippen LogP) is 1.04. The number of nitrogens with two attached hydrogens (primary N) is 1. The van der Waals surface area contributed by atoms with Crippen LogP contribution in [-0.4, -0.2) is 45.0 Å². The molecule has 0 aromatic carbocycles. The average molecular weight is 336 g/mol. The number of nitrogens with zero attached hydrogens (tertiary/aromatic N) is 5. The number of halogens is 1. The zero-order valence-corrected chi connectivity index (χ0v) is 13.5. The maximum atomic E-state index is 11.5. The first-order valence-corrected chi connectivity index (χ1v) is 7.74. The molecule has 1 amide bonds. The van der Waals surface area contributed by atoms with Crippen LogP contribution in [0.4, 0.5) is 11.5 Å². The Hall–Kier alpha value is -2.35. The monoisotopic (exact) mass is 335 g/mol. The third-order valence-electron chi connectivity index (χ3n) is 3.85. The van der Waals surface area contributed by atoms with Crippen molar-refractivity contribution in [3.05, 3.63) is 29.2 Å². The lowest BCUT2D eigenvalue weighted by molar-refractivity contribution is 0.100. The second-order valence-electron chi connectivity index (χ2n) is 5.60. The van der Waals surface area contributed by atoms with Gasteiger partial charge in [-0.3, -0.25) is 9.48 Å². The molecule has 3 rings (SSSR count). The van der Waals surface area contributed by atoms with Crippen LogP contribution >= 0.6 is 11.6 Å². The molecule has 122 valence electrons. The summed E-state index contributed by atoms with van der Waals surface area (Å²) in [4.78, 5) is 13.8. The summed E-state index contributed by atoms with van der Waals surface area (Å²) < 4.78 is 1.78. The third-order valence-corrected chi connectivity index (χ3v) is 4.03. The smallest absolute Gasteiger partial charge is 0.252 e. The lowest BCUT2D eigenvalue weighted by Gasteiger charge is -2.34. The topological polar surface area (TPSA) is 102 Å².